The van der Waals surface area contributed by atoms with Crippen LogP contribution in [0.3, 0.4) is 0 Å². The van der Waals surface area contributed by atoms with Crippen LogP contribution < -0.4 is 5.32 Å². The van der Waals surface area contributed by atoms with Crippen LogP contribution in [0.5, 0.6) is 0 Å². The molecule has 0 spiro atoms. The molecule has 2 aromatic heterocycles. The standard InChI is InChI=1S/C14H18N6O2/c21-14(18-12-1-3-15-4-2-12)9-19-5-6-22-13(7-19)8-20-11-16-10-17-20/h1-4,10-11,13H,5-9H2,(H,15,18,21). The Labute approximate surface area is 128 Å². The van der Waals surface area contributed by atoms with Crippen molar-refractivity contribution >= 4 is 11.6 Å². The molecule has 3 heterocycles. The first-order valence-electron chi connectivity index (χ1n) is 7.16. The molecular weight excluding hydrogens is 284 g/mol. The molecule has 1 aliphatic heterocycles. The zero-order valence-corrected chi connectivity index (χ0v) is 12.1. The third kappa shape index (κ3) is 4.09. The number of hydrogen-bond acceptors (Lipinski definition) is 6. The first-order valence-corrected chi connectivity index (χ1v) is 7.16. The number of rotatable bonds is 5. The Hall–Kier alpha value is -2.32. The maximum atomic E-state index is 12.1. The molecule has 1 atom stereocenters. The summed E-state index contributed by atoms with van der Waals surface area (Å²) in [5.74, 6) is -0.0346. The molecule has 1 amide bonds. The molecule has 0 aliphatic carbocycles. The smallest absolute Gasteiger partial charge is 0.238 e. The van der Waals surface area contributed by atoms with Gasteiger partial charge in [0.25, 0.3) is 0 Å². The molecule has 1 fully saturated rings. The van der Waals surface area contributed by atoms with Crippen molar-refractivity contribution in [2.45, 2.75) is 12.6 Å². The van der Waals surface area contributed by atoms with Crippen LogP contribution in [-0.2, 0) is 16.1 Å². The van der Waals surface area contributed by atoms with Crippen LogP contribution in [-0.4, -0.2) is 62.9 Å². The predicted molar refractivity (Wildman–Crippen MR) is 79.1 cm³/mol. The molecular formula is C14H18N6O2. The quantitative estimate of drug-likeness (QED) is 0.837. The number of ether oxygens (including phenoxy) is 1. The van der Waals surface area contributed by atoms with E-state index in [1.807, 2.05) is 0 Å². The van der Waals surface area contributed by atoms with Gasteiger partial charge in [-0.1, -0.05) is 0 Å². The highest BCUT2D eigenvalue weighted by Crippen LogP contribution is 2.08. The number of carbonyl (C=O) groups excluding carboxylic acids is 1. The van der Waals surface area contributed by atoms with E-state index in [0.29, 0.717) is 26.2 Å². The SMILES string of the molecule is O=C(CN1CCOC(Cn2cncn2)C1)Nc1ccncc1. The third-order valence-electron chi connectivity index (χ3n) is 3.41. The lowest BCUT2D eigenvalue weighted by atomic mass is 10.2. The van der Waals surface area contributed by atoms with Gasteiger partial charge in [-0.3, -0.25) is 19.4 Å². The fraction of sp³-hybridized carbons (Fsp3) is 0.429. The fourth-order valence-corrected chi connectivity index (χ4v) is 2.41. The number of morpholine rings is 1. The Morgan fingerprint density at radius 3 is 3.00 bits per heavy atom. The molecule has 0 radical (unpaired) electrons. The van der Waals surface area contributed by atoms with E-state index in [2.05, 4.69) is 25.3 Å². The van der Waals surface area contributed by atoms with Gasteiger partial charge >= 0.3 is 0 Å². The molecule has 1 unspecified atom stereocenters. The van der Waals surface area contributed by atoms with E-state index < -0.39 is 0 Å². The van der Waals surface area contributed by atoms with E-state index in [1.54, 1.807) is 35.5 Å². The van der Waals surface area contributed by atoms with Crippen molar-refractivity contribution in [3.05, 3.63) is 37.2 Å². The molecule has 2 aromatic rings. The van der Waals surface area contributed by atoms with E-state index in [-0.39, 0.29) is 12.0 Å². The minimum atomic E-state index is -0.0346. The van der Waals surface area contributed by atoms with Crippen molar-refractivity contribution in [3.8, 4) is 0 Å². The van der Waals surface area contributed by atoms with E-state index >= 15 is 0 Å². The first kappa shape index (κ1) is 14.6. The Kier molecular flexibility index (Phi) is 4.71. The zero-order chi connectivity index (χ0) is 15.2. The molecule has 0 aromatic carbocycles. The van der Waals surface area contributed by atoms with Gasteiger partial charge in [0.2, 0.25) is 5.91 Å². The van der Waals surface area contributed by atoms with E-state index in [9.17, 15) is 4.79 Å². The van der Waals surface area contributed by atoms with Crippen LogP contribution in [0.15, 0.2) is 37.2 Å². The van der Waals surface area contributed by atoms with Gasteiger partial charge < -0.3 is 10.1 Å². The number of hydrogen-bond donors (Lipinski definition) is 1. The molecule has 0 bridgehead atoms. The summed E-state index contributed by atoms with van der Waals surface area (Å²) in [6.07, 6.45) is 6.49. The molecule has 8 nitrogen and oxygen atoms in total. The molecule has 116 valence electrons. The number of nitrogens with zero attached hydrogens (tertiary/aromatic N) is 5. The molecule has 22 heavy (non-hydrogen) atoms. The van der Waals surface area contributed by atoms with E-state index in [4.69, 9.17) is 4.74 Å². The van der Waals surface area contributed by atoms with Crippen LogP contribution in [0.25, 0.3) is 0 Å². The molecule has 0 saturated carbocycles. The second kappa shape index (κ2) is 7.10. The number of aromatic nitrogens is 4. The number of carbonyl (C=O) groups is 1. The highest BCUT2D eigenvalue weighted by Gasteiger charge is 2.22. The highest BCUT2D eigenvalue weighted by molar-refractivity contribution is 5.92. The number of amides is 1. The topological polar surface area (TPSA) is 85.2 Å². The van der Waals surface area contributed by atoms with Gasteiger partial charge in [-0.15, -0.1) is 0 Å². The Morgan fingerprint density at radius 2 is 2.23 bits per heavy atom. The zero-order valence-electron chi connectivity index (χ0n) is 12.1. The van der Waals surface area contributed by atoms with Crippen LogP contribution in [0.1, 0.15) is 0 Å². The Balaban J connectivity index is 1.48. The Morgan fingerprint density at radius 1 is 1.36 bits per heavy atom. The van der Waals surface area contributed by atoms with Crippen LogP contribution in [0, 0.1) is 0 Å². The average molecular weight is 302 g/mol. The lowest BCUT2D eigenvalue weighted by Gasteiger charge is -2.32. The van der Waals surface area contributed by atoms with Crippen molar-refractivity contribution in [1.82, 2.24) is 24.6 Å². The van der Waals surface area contributed by atoms with Gasteiger partial charge in [0.1, 0.15) is 12.7 Å². The normalized spacial score (nSPS) is 19.0. The first-order chi connectivity index (χ1) is 10.8. The highest BCUT2D eigenvalue weighted by atomic mass is 16.5. The fourth-order valence-electron chi connectivity index (χ4n) is 2.41. The van der Waals surface area contributed by atoms with Crippen molar-refractivity contribution < 1.29 is 9.53 Å². The van der Waals surface area contributed by atoms with Crippen molar-refractivity contribution in [2.75, 3.05) is 31.6 Å². The Bertz CT molecular complexity index is 589. The van der Waals surface area contributed by atoms with Gasteiger partial charge in [-0.05, 0) is 12.1 Å². The maximum absolute atomic E-state index is 12.1. The van der Waals surface area contributed by atoms with E-state index in [0.717, 1.165) is 12.2 Å². The lowest BCUT2D eigenvalue weighted by Crippen LogP contribution is -2.47. The van der Waals surface area contributed by atoms with Crippen LogP contribution in [0.2, 0.25) is 0 Å². The summed E-state index contributed by atoms with van der Waals surface area (Å²) < 4.78 is 7.45. The molecule has 3 rings (SSSR count). The number of nitrogens with one attached hydrogen (secondary N) is 1. The minimum Gasteiger partial charge on any atom is -0.374 e. The van der Waals surface area contributed by atoms with Crippen molar-refractivity contribution in [3.63, 3.8) is 0 Å². The van der Waals surface area contributed by atoms with Gasteiger partial charge in [0, 0.05) is 31.2 Å². The lowest BCUT2D eigenvalue weighted by molar-refractivity contribution is -0.119. The number of anilines is 1. The molecule has 8 heteroatoms. The van der Waals surface area contributed by atoms with Gasteiger partial charge in [0.15, 0.2) is 0 Å². The number of pyridine rings is 1. The van der Waals surface area contributed by atoms with Crippen LogP contribution >= 0.6 is 0 Å². The summed E-state index contributed by atoms with van der Waals surface area (Å²) in [4.78, 5) is 22.0. The summed E-state index contributed by atoms with van der Waals surface area (Å²) in [7, 11) is 0. The summed E-state index contributed by atoms with van der Waals surface area (Å²) in [6.45, 7) is 3.05. The summed E-state index contributed by atoms with van der Waals surface area (Å²) in [5.41, 5.74) is 0.757. The second-order valence-electron chi connectivity index (χ2n) is 5.13. The largest absolute Gasteiger partial charge is 0.374 e. The molecule has 1 saturated heterocycles. The van der Waals surface area contributed by atoms with Gasteiger partial charge in [-0.2, -0.15) is 5.10 Å². The van der Waals surface area contributed by atoms with E-state index in [1.165, 1.54) is 6.33 Å². The van der Waals surface area contributed by atoms with Gasteiger partial charge in [0.05, 0.1) is 25.8 Å². The van der Waals surface area contributed by atoms with Crippen molar-refractivity contribution in [2.24, 2.45) is 0 Å². The summed E-state index contributed by atoms with van der Waals surface area (Å²) in [6, 6.07) is 3.54. The maximum Gasteiger partial charge on any atom is 0.238 e. The molecule has 1 N–H and O–H groups in total. The molecule has 1 aliphatic rings. The second-order valence-corrected chi connectivity index (χ2v) is 5.13. The monoisotopic (exact) mass is 302 g/mol. The summed E-state index contributed by atoms with van der Waals surface area (Å²) >= 11 is 0. The van der Waals surface area contributed by atoms with Crippen LogP contribution in [0.4, 0.5) is 5.69 Å². The predicted octanol–water partition coefficient (Wildman–Crippen LogP) is 0.0126. The third-order valence-corrected chi connectivity index (χ3v) is 3.41. The summed E-state index contributed by atoms with van der Waals surface area (Å²) in [5, 5.41) is 6.93. The van der Waals surface area contributed by atoms with Gasteiger partial charge in [-0.25, -0.2) is 4.98 Å². The average Bonchev–Trinajstić information content (AvgIpc) is 3.01. The van der Waals surface area contributed by atoms with Crippen molar-refractivity contribution in [1.29, 1.82) is 0 Å². The minimum absolute atomic E-state index is 0.0178.